The van der Waals surface area contributed by atoms with Crippen LogP contribution in [0.5, 0.6) is 0 Å². The van der Waals surface area contributed by atoms with E-state index in [1.165, 1.54) is 10.6 Å². The number of hydrogen-bond acceptors (Lipinski definition) is 4. The number of aryl methyl sites for hydroxylation is 2. The Labute approximate surface area is 259 Å². The fraction of sp³-hybridized carbons (Fsp3) is 0.394. The minimum Gasteiger partial charge on any atom is -0.350 e. The van der Waals surface area contributed by atoms with Crippen molar-refractivity contribution in [3.63, 3.8) is 0 Å². The highest BCUT2D eigenvalue weighted by molar-refractivity contribution is 9.10. The van der Waals surface area contributed by atoms with Crippen molar-refractivity contribution >= 4 is 43.5 Å². The number of halogens is 1. The largest absolute Gasteiger partial charge is 0.350 e. The molecular formula is C33H42BrN3O4S. The van der Waals surface area contributed by atoms with Gasteiger partial charge >= 0.3 is 0 Å². The minimum absolute atomic E-state index is 0.0823. The first-order valence-corrected chi connectivity index (χ1v) is 16.7. The number of carbonyl (C=O) groups excluding carboxylic acids is 2. The molecule has 0 saturated heterocycles. The van der Waals surface area contributed by atoms with Gasteiger partial charge in [0.1, 0.15) is 6.04 Å². The molecule has 226 valence electrons. The summed E-state index contributed by atoms with van der Waals surface area (Å²) in [6, 6.07) is 22.3. The van der Waals surface area contributed by atoms with E-state index in [0.717, 1.165) is 26.7 Å². The van der Waals surface area contributed by atoms with Gasteiger partial charge in [-0.3, -0.25) is 13.9 Å². The van der Waals surface area contributed by atoms with Gasteiger partial charge in [0.05, 0.1) is 11.9 Å². The third kappa shape index (κ3) is 9.98. The van der Waals surface area contributed by atoms with Crippen molar-refractivity contribution in [3.05, 3.63) is 99.5 Å². The zero-order valence-electron chi connectivity index (χ0n) is 25.4. The summed E-state index contributed by atoms with van der Waals surface area (Å²) >= 11 is 3.51. The van der Waals surface area contributed by atoms with Gasteiger partial charge < -0.3 is 10.2 Å². The predicted molar refractivity (Wildman–Crippen MR) is 174 cm³/mol. The van der Waals surface area contributed by atoms with Crippen LogP contribution in [0, 0.1) is 13.8 Å². The Bertz CT molecular complexity index is 1490. The number of rotatable bonds is 12. The fourth-order valence-electron chi connectivity index (χ4n) is 4.81. The number of nitrogens with one attached hydrogen (secondary N) is 1. The van der Waals surface area contributed by atoms with Crippen LogP contribution >= 0.6 is 15.9 Å². The van der Waals surface area contributed by atoms with Crippen molar-refractivity contribution in [2.45, 2.75) is 72.0 Å². The Kier molecular flexibility index (Phi) is 11.4. The average Bonchev–Trinajstić information content (AvgIpc) is 2.89. The molecule has 0 unspecified atom stereocenters. The summed E-state index contributed by atoms with van der Waals surface area (Å²) in [6.07, 6.45) is 1.91. The van der Waals surface area contributed by atoms with E-state index in [1.807, 2.05) is 107 Å². The highest BCUT2D eigenvalue weighted by Crippen LogP contribution is 2.25. The summed E-state index contributed by atoms with van der Waals surface area (Å²) in [5.74, 6) is -0.447. The molecule has 0 radical (unpaired) electrons. The van der Waals surface area contributed by atoms with Crippen LogP contribution in [-0.4, -0.2) is 49.5 Å². The molecule has 1 N–H and O–H groups in total. The highest BCUT2D eigenvalue weighted by Gasteiger charge is 2.32. The number of nitrogens with zero attached hydrogens (tertiary/aromatic N) is 2. The second kappa shape index (κ2) is 14.3. The number of anilines is 1. The molecule has 0 heterocycles. The zero-order chi connectivity index (χ0) is 31.1. The van der Waals surface area contributed by atoms with Crippen molar-refractivity contribution in [3.8, 4) is 0 Å². The number of hydrogen-bond donors (Lipinski definition) is 1. The van der Waals surface area contributed by atoms with E-state index < -0.39 is 21.6 Å². The van der Waals surface area contributed by atoms with Crippen LogP contribution in [0.25, 0.3) is 0 Å². The van der Waals surface area contributed by atoms with Crippen molar-refractivity contribution in [1.82, 2.24) is 10.2 Å². The number of carbonyl (C=O) groups is 2. The molecule has 42 heavy (non-hydrogen) atoms. The SMILES string of the molecule is Cc1ccc(C)c(N(CCCC(=O)N(Cc2cccc(Br)c2)[C@@H](Cc2ccccc2)C(=O)NC(C)(C)C)S(C)(=O)=O)c1. The van der Waals surface area contributed by atoms with Gasteiger partial charge in [0, 0.05) is 35.9 Å². The molecule has 0 aliphatic rings. The van der Waals surface area contributed by atoms with Gasteiger partial charge in [-0.2, -0.15) is 0 Å². The quantitative estimate of drug-likeness (QED) is 0.253. The molecule has 0 aliphatic carbocycles. The molecule has 9 heteroatoms. The third-order valence-electron chi connectivity index (χ3n) is 6.80. The molecule has 0 saturated carbocycles. The Hall–Kier alpha value is -3.17. The Morgan fingerprint density at radius 3 is 2.21 bits per heavy atom. The zero-order valence-corrected chi connectivity index (χ0v) is 27.8. The first-order chi connectivity index (χ1) is 19.6. The van der Waals surface area contributed by atoms with Crippen molar-refractivity contribution in [1.29, 1.82) is 0 Å². The summed E-state index contributed by atoms with van der Waals surface area (Å²) in [5, 5.41) is 3.07. The number of benzene rings is 3. The smallest absolute Gasteiger partial charge is 0.243 e. The van der Waals surface area contributed by atoms with Crippen LogP contribution < -0.4 is 9.62 Å². The van der Waals surface area contributed by atoms with Gasteiger partial charge in [-0.25, -0.2) is 8.42 Å². The normalized spacial score (nSPS) is 12.5. The monoisotopic (exact) mass is 655 g/mol. The van der Waals surface area contributed by atoms with Crippen LogP contribution in [0.2, 0.25) is 0 Å². The first kappa shape index (κ1) is 33.3. The van der Waals surface area contributed by atoms with E-state index in [1.54, 1.807) is 4.90 Å². The molecule has 0 spiro atoms. The Morgan fingerprint density at radius 2 is 1.60 bits per heavy atom. The van der Waals surface area contributed by atoms with Gasteiger partial charge in [0.25, 0.3) is 0 Å². The van der Waals surface area contributed by atoms with Crippen LogP contribution in [0.4, 0.5) is 5.69 Å². The summed E-state index contributed by atoms with van der Waals surface area (Å²) in [4.78, 5) is 29.4. The lowest BCUT2D eigenvalue weighted by Gasteiger charge is -2.34. The predicted octanol–water partition coefficient (Wildman–Crippen LogP) is 6.17. The second-order valence-corrected chi connectivity index (χ2v) is 14.6. The lowest BCUT2D eigenvalue weighted by Crippen LogP contribution is -2.54. The van der Waals surface area contributed by atoms with E-state index in [-0.39, 0.29) is 31.3 Å². The maximum absolute atomic E-state index is 14.0. The van der Waals surface area contributed by atoms with Gasteiger partial charge in [0.15, 0.2) is 0 Å². The van der Waals surface area contributed by atoms with Gasteiger partial charge in [-0.05, 0) is 81.5 Å². The molecule has 0 fully saturated rings. The first-order valence-electron chi connectivity index (χ1n) is 14.1. The average molecular weight is 657 g/mol. The van der Waals surface area contributed by atoms with E-state index in [0.29, 0.717) is 18.5 Å². The highest BCUT2D eigenvalue weighted by atomic mass is 79.9. The molecule has 2 amide bonds. The molecule has 1 atom stereocenters. The van der Waals surface area contributed by atoms with Gasteiger partial charge in [-0.15, -0.1) is 0 Å². The molecule has 3 aromatic carbocycles. The molecule has 3 aromatic rings. The lowest BCUT2D eigenvalue weighted by atomic mass is 10.00. The topological polar surface area (TPSA) is 86.8 Å². The number of amides is 2. The molecule has 0 aromatic heterocycles. The van der Waals surface area contributed by atoms with Crippen LogP contribution in [-0.2, 0) is 32.6 Å². The number of sulfonamides is 1. The van der Waals surface area contributed by atoms with Crippen LogP contribution in [0.3, 0.4) is 0 Å². The van der Waals surface area contributed by atoms with Crippen LogP contribution in [0.1, 0.15) is 55.9 Å². The molecule has 0 bridgehead atoms. The van der Waals surface area contributed by atoms with Crippen molar-refractivity contribution < 1.29 is 18.0 Å². The van der Waals surface area contributed by atoms with E-state index >= 15 is 0 Å². The van der Waals surface area contributed by atoms with Gasteiger partial charge in [0.2, 0.25) is 21.8 Å². The van der Waals surface area contributed by atoms with Crippen LogP contribution in [0.15, 0.2) is 77.3 Å². The molecule has 0 aliphatic heterocycles. The summed E-state index contributed by atoms with van der Waals surface area (Å²) in [5.41, 5.74) is 3.74. The van der Waals surface area contributed by atoms with E-state index in [4.69, 9.17) is 0 Å². The van der Waals surface area contributed by atoms with Crippen molar-refractivity contribution in [2.75, 3.05) is 17.1 Å². The Morgan fingerprint density at radius 1 is 0.929 bits per heavy atom. The van der Waals surface area contributed by atoms with E-state index in [2.05, 4.69) is 21.2 Å². The fourth-order valence-corrected chi connectivity index (χ4v) is 6.27. The van der Waals surface area contributed by atoms with Crippen molar-refractivity contribution in [2.24, 2.45) is 0 Å². The maximum Gasteiger partial charge on any atom is 0.243 e. The lowest BCUT2D eigenvalue weighted by molar-refractivity contribution is -0.142. The summed E-state index contributed by atoms with van der Waals surface area (Å²) < 4.78 is 27.8. The summed E-state index contributed by atoms with van der Waals surface area (Å²) in [7, 11) is -3.58. The molecule has 3 rings (SSSR count). The molecular weight excluding hydrogens is 614 g/mol. The standard InChI is InChI=1S/C33H42BrN3O4S/c1-24-17-18-25(2)29(20-24)37(42(6,40)41)19-11-16-31(38)36(23-27-14-10-15-28(34)21-27)30(32(39)35-33(3,4)5)22-26-12-8-7-9-13-26/h7-10,12-15,17-18,20-21,30H,11,16,19,22-23H2,1-6H3,(H,35,39)/t30-/m0/s1. The summed E-state index contributed by atoms with van der Waals surface area (Å²) in [6.45, 7) is 9.92. The van der Waals surface area contributed by atoms with Gasteiger partial charge in [-0.1, -0.05) is 70.5 Å². The maximum atomic E-state index is 14.0. The molecule has 7 nitrogen and oxygen atoms in total. The second-order valence-electron chi connectivity index (χ2n) is 11.8. The van der Waals surface area contributed by atoms with E-state index in [9.17, 15) is 18.0 Å². The minimum atomic E-state index is -3.58. The Balaban J connectivity index is 1.92. The third-order valence-corrected chi connectivity index (χ3v) is 8.47.